The van der Waals surface area contributed by atoms with E-state index < -0.39 is 18.1 Å². The van der Waals surface area contributed by atoms with Crippen LogP contribution in [-0.4, -0.2) is 47.3 Å². The fourth-order valence-electron chi connectivity index (χ4n) is 2.02. The van der Waals surface area contributed by atoms with Crippen molar-refractivity contribution in [1.29, 1.82) is 0 Å². The molecular formula is C17H25NO5. The van der Waals surface area contributed by atoms with E-state index in [1.807, 2.05) is 0 Å². The third-order valence-electron chi connectivity index (χ3n) is 3.41. The summed E-state index contributed by atoms with van der Waals surface area (Å²) in [6.45, 7) is 4.33. The second-order valence-corrected chi connectivity index (χ2v) is 5.41. The number of carbonyl (C=O) groups is 2. The van der Waals surface area contributed by atoms with Gasteiger partial charge in [0.1, 0.15) is 11.8 Å². The zero-order valence-electron chi connectivity index (χ0n) is 13.6. The van der Waals surface area contributed by atoms with Crippen molar-refractivity contribution >= 4 is 11.8 Å². The number of ether oxygens (including phenoxy) is 1. The average molecular weight is 323 g/mol. The van der Waals surface area contributed by atoms with Crippen molar-refractivity contribution in [3.8, 4) is 5.75 Å². The maximum Gasteiger partial charge on any atom is 0.323 e. The van der Waals surface area contributed by atoms with Crippen LogP contribution in [0.25, 0.3) is 0 Å². The van der Waals surface area contributed by atoms with E-state index in [1.54, 1.807) is 24.3 Å². The zero-order valence-corrected chi connectivity index (χ0v) is 13.6. The van der Waals surface area contributed by atoms with Crippen LogP contribution in [-0.2, 0) is 4.79 Å². The van der Waals surface area contributed by atoms with Crippen molar-refractivity contribution in [2.45, 2.75) is 45.3 Å². The molecule has 1 aromatic rings. The Balaban J connectivity index is 2.44. The van der Waals surface area contributed by atoms with Crippen molar-refractivity contribution < 1.29 is 24.5 Å². The van der Waals surface area contributed by atoms with Crippen molar-refractivity contribution in [3.05, 3.63) is 29.8 Å². The van der Waals surface area contributed by atoms with Crippen LogP contribution >= 0.6 is 0 Å². The third-order valence-corrected chi connectivity index (χ3v) is 3.41. The number of hydrogen-bond donors (Lipinski definition) is 3. The largest absolute Gasteiger partial charge is 0.494 e. The molecule has 23 heavy (non-hydrogen) atoms. The molecule has 0 saturated carbocycles. The Morgan fingerprint density at radius 3 is 2.43 bits per heavy atom. The Morgan fingerprint density at radius 1 is 1.26 bits per heavy atom. The number of benzene rings is 1. The van der Waals surface area contributed by atoms with Crippen LogP contribution in [0.5, 0.6) is 5.75 Å². The highest BCUT2D eigenvalue weighted by Gasteiger charge is 2.22. The van der Waals surface area contributed by atoms with Gasteiger partial charge in [0.25, 0.3) is 0 Å². The molecule has 1 aromatic carbocycles. The summed E-state index contributed by atoms with van der Waals surface area (Å²) >= 11 is 0. The summed E-state index contributed by atoms with van der Waals surface area (Å²) in [7, 11) is 0. The molecule has 1 rings (SSSR count). The molecule has 0 unspecified atom stereocenters. The van der Waals surface area contributed by atoms with E-state index in [9.17, 15) is 14.7 Å². The minimum atomic E-state index is -1.14. The minimum Gasteiger partial charge on any atom is -0.494 e. The van der Waals surface area contributed by atoms with E-state index in [2.05, 4.69) is 12.2 Å². The van der Waals surface area contributed by atoms with Gasteiger partial charge in [0, 0.05) is 18.5 Å². The maximum atomic E-state index is 12.0. The Morgan fingerprint density at radius 2 is 1.91 bits per heavy atom. The lowest BCUT2D eigenvalue weighted by Crippen LogP contribution is -2.45. The fourth-order valence-corrected chi connectivity index (χ4v) is 2.02. The van der Waals surface area contributed by atoms with E-state index in [4.69, 9.17) is 9.84 Å². The molecule has 6 nitrogen and oxygen atoms in total. The summed E-state index contributed by atoms with van der Waals surface area (Å²) in [5.41, 5.74) is 0.554. The van der Waals surface area contributed by atoms with Crippen molar-refractivity contribution in [1.82, 2.24) is 5.32 Å². The molecule has 0 aromatic heterocycles. The normalized spacial score (nSPS) is 13.3. The molecule has 2 atom stereocenters. The first-order chi connectivity index (χ1) is 11.0. The number of unbranched alkanes of at least 4 members (excludes halogenated alkanes) is 1. The van der Waals surface area contributed by atoms with E-state index in [1.165, 1.54) is 6.92 Å². The first-order valence-corrected chi connectivity index (χ1v) is 7.86. The topological polar surface area (TPSA) is 95.9 Å². The number of rotatable bonds is 11. The van der Waals surface area contributed by atoms with Crippen LogP contribution in [0, 0.1) is 0 Å². The quantitative estimate of drug-likeness (QED) is 0.425. The van der Waals surface area contributed by atoms with E-state index in [0.717, 1.165) is 18.6 Å². The van der Waals surface area contributed by atoms with Gasteiger partial charge in [0.15, 0.2) is 5.78 Å². The Kier molecular flexibility index (Phi) is 8.29. The monoisotopic (exact) mass is 323 g/mol. The van der Waals surface area contributed by atoms with Crippen molar-refractivity contribution in [2.75, 3.05) is 13.2 Å². The van der Waals surface area contributed by atoms with Crippen LogP contribution in [0.15, 0.2) is 24.3 Å². The standard InChI is InChI=1S/C17H25NO5/c1-3-4-11-23-14-7-5-13(6-8-14)15(20)9-10-18-16(12(2)19)17(21)22/h5-8,12,16,18-19H,3-4,9-11H2,1-2H3,(H,21,22)/t12-,16+/m0/s1. The van der Waals surface area contributed by atoms with E-state index in [0.29, 0.717) is 12.2 Å². The number of carboxylic acid groups (broad SMARTS) is 1. The van der Waals surface area contributed by atoms with Crippen LogP contribution in [0.1, 0.15) is 43.5 Å². The number of aliphatic hydroxyl groups is 1. The maximum absolute atomic E-state index is 12.0. The molecule has 0 aliphatic carbocycles. The fraction of sp³-hybridized carbons (Fsp3) is 0.529. The highest BCUT2D eigenvalue weighted by atomic mass is 16.5. The minimum absolute atomic E-state index is 0.0904. The van der Waals surface area contributed by atoms with Gasteiger partial charge < -0.3 is 20.3 Å². The van der Waals surface area contributed by atoms with Crippen LogP contribution in [0.2, 0.25) is 0 Å². The van der Waals surface area contributed by atoms with Crippen molar-refractivity contribution in [2.24, 2.45) is 0 Å². The summed E-state index contributed by atoms with van der Waals surface area (Å²) in [6, 6.07) is 5.84. The molecule has 6 heteroatoms. The summed E-state index contributed by atoms with van der Waals surface area (Å²) in [5.74, 6) is -0.499. The smallest absolute Gasteiger partial charge is 0.323 e. The van der Waals surface area contributed by atoms with Gasteiger partial charge >= 0.3 is 5.97 Å². The molecule has 3 N–H and O–H groups in total. The number of carbonyl (C=O) groups excluding carboxylic acids is 1. The number of ketones is 1. The molecule has 0 heterocycles. The van der Waals surface area contributed by atoms with Crippen molar-refractivity contribution in [3.63, 3.8) is 0 Å². The van der Waals surface area contributed by atoms with Crippen LogP contribution < -0.4 is 10.1 Å². The molecule has 0 spiro atoms. The third kappa shape index (κ3) is 6.80. The summed E-state index contributed by atoms with van der Waals surface area (Å²) in [4.78, 5) is 23.0. The second-order valence-electron chi connectivity index (χ2n) is 5.41. The van der Waals surface area contributed by atoms with Crippen LogP contribution in [0.4, 0.5) is 0 Å². The molecular weight excluding hydrogens is 298 g/mol. The van der Waals surface area contributed by atoms with E-state index in [-0.39, 0.29) is 18.7 Å². The Hall–Kier alpha value is -1.92. The predicted molar refractivity (Wildman–Crippen MR) is 86.9 cm³/mol. The Bertz CT molecular complexity index is 498. The van der Waals surface area contributed by atoms with Gasteiger partial charge in [-0.15, -0.1) is 0 Å². The molecule has 0 saturated heterocycles. The number of hydrogen-bond acceptors (Lipinski definition) is 5. The lowest BCUT2D eigenvalue weighted by atomic mass is 10.1. The van der Waals surface area contributed by atoms with Gasteiger partial charge in [-0.3, -0.25) is 9.59 Å². The lowest BCUT2D eigenvalue weighted by molar-refractivity contribution is -0.142. The SMILES string of the molecule is CCCCOc1ccc(C(=O)CCN[C@@H](C(=O)O)[C@H](C)O)cc1. The number of Topliss-reactive ketones (excluding diaryl/α,β-unsaturated/α-hetero) is 1. The molecule has 0 fully saturated rings. The molecule has 0 radical (unpaired) electrons. The molecule has 128 valence electrons. The summed E-state index contributed by atoms with van der Waals surface area (Å²) in [5, 5.41) is 20.9. The zero-order chi connectivity index (χ0) is 17.2. The number of aliphatic hydroxyl groups excluding tert-OH is 1. The first kappa shape index (κ1) is 19.1. The molecule has 0 amide bonds. The second kappa shape index (κ2) is 9.97. The number of aliphatic carboxylic acids is 1. The first-order valence-electron chi connectivity index (χ1n) is 7.86. The molecule has 0 aliphatic rings. The lowest BCUT2D eigenvalue weighted by Gasteiger charge is -2.16. The van der Waals surface area contributed by atoms with Gasteiger partial charge in [-0.2, -0.15) is 0 Å². The molecule has 0 bridgehead atoms. The number of carboxylic acids is 1. The highest BCUT2D eigenvalue weighted by Crippen LogP contribution is 2.14. The highest BCUT2D eigenvalue weighted by molar-refractivity contribution is 5.96. The van der Waals surface area contributed by atoms with Gasteiger partial charge in [-0.1, -0.05) is 13.3 Å². The van der Waals surface area contributed by atoms with Gasteiger partial charge in [0.2, 0.25) is 0 Å². The van der Waals surface area contributed by atoms with E-state index >= 15 is 0 Å². The van der Waals surface area contributed by atoms with Gasteiger partial charge in [-0.05, 0) is 37.6 Å². The molecule has 0 aliphatic heterocycles. The summed E-state index contributed by atoms with van der Waals surface area (Å²) in [6.07, 6.45) is 1.18. The van der Waals surface area contributed by atoms with Crippen LogP contribution in [0.3, 0.4) is 0 Å². The summed E-state index contributed by atoms with van der Waals surface area (Å²) < 4.78 is 5.53. The van der Waals surface area contributed by atoms with Gasteiger partial charge in [-0.25, -0.2) is 0 Å². The Labute approximate surface area is 136 Å². The number of nitrogens with one attached hydrogen (secondary N) is 1. The van der Waals surface area contributed by atoms with Gasteiger partial charge in [0.05, 0.1) is 12.7 Å². The predicted octanol–water partition coefficient (Wildman–Crippen LogP) is 1.86. The average Bonchev–Trinajstić information content (AvgIpc) is 2.51.